The van der Waals surface area contributed by atoms with Gasteiger partial charge in [0.1, 0.15) is 5.82 Å². The quantitative estimate of drug-likeness (QED) is 0.803. The van der Waals surface area contributed by atoms with Gasteiger partial charge < -0.3 is 15.5 Å². The van der Waals surface area contributed by atoms with Crippen LogP contribution in [0.3, 0.4) is 0 Å². The number of nitrogens with two attached hydrogens (primary N) is 1. The molecule has 102 valence electrons. The van der Waals surface area contributed by atoms with Gasteiger partial charge >= 0.3 is 0 Å². The van der Waals surface area contributed by atoms with Crippen LogP contribution in [0, 0.1) is 5.82 Å². The summed E-state index contributed by atoms with van der Waals surface area (Å²) in [5.74, 6) is -0.219. The van der Waals surface area contributed by atoms with Crippen LogP contribution in [0.25, 0.3) is 0 Å². The molecule has 0 fully saturated rings. The maximum absolute atomic E-state index is 13.1. The highest BCUT2D eigenvalue weighted by Crippen LogP contribution is 2.15. The molecule has 1 rings (SSSR count). The molecular weight excluding hydrogens is 229 g/mol. The zero-order valence-electron chi connectivity index (χ0n) is 11.6. The first-order valence-electron chi connectivity index (χ1n) is 6.33. The fourth-order valence-electron chi connectivity index (χ4n) is 1.75. The standard InChI is InChI=1S/C14H24FN3/c1-17(2)9-10-18(3)8-7-14(16)12-5-4-6-13(15)11-12/h4-6,11,14H,7-10,16H2,1-3H3. The monoisotopic (exact) mass is 253 g/mol. The molecule has 2 N–H and O–H groups in total. The minimum atomic E-state index is -0.219. The van der Waals surface area contributed by atoms with Gasteiger partial charge in [-0.3, -0.25) is 0 Å². The molecule has 0 aliphatic rings. The Morgan fingerprint density at radius 1 is 1.17 bits per heavy atom. The lowest BCUT2D eigenvalue weighted by Crippen LogP contribution is -2.30. The molecule has 18 heavy (non-hydrogen) atoms. The van der Waals surface area contributed by atoms with E-state index < -0.39 is 0 Å². The third kappa shape index (κ3) is 5.58. The molecule has 0 saturated heterocycles. The van der Waals surface area contributed by atoms with Gasteiger partial charge in [0.05, 0.1) is 0 Å². The molecule has 3 nitrogen and oxygen atoms in total. The summed E-state index contributed by atoms with van der Waals surface area (Å²) in [5, 5.41) is 0. The van der Waals surface area contributed by atoms with Gasteiger partial charge in [-0.1, -0.05) is 12.1 Å². The van der Waals surface area contributed by atoms with Gasteiger partial charge in [-0.25, -0.2) is 4.39 Å². The van der Waals surface area contributed by atoms with Gasteiger partial charge in [0.2, 0.25) is 0 Å². The van der Waals surface area contributed by atoms with E-state index >= 15 is 0 Å². The molecule has 1 aromatic carbocycles. The lowest BCUT2D eigenvalue weighted by Gasteiger charge is -2.21. The molecule has 4 heteroatoms. The van der Waals surface area contributed by atoms with Gasteiger partial charge in [-0.15, -0.1) is 0 Å². The van der Waals surface area contributed by atoms with Crippen LogP contribution in [-0.2, 0) is 0 Å². The Kier molecular flexibility index (Phi) is 6.25. The molecular formula is C14H24FN3. The molecule has 0 radical (unpaired) electrons. The van der Waals surface area contributed by atoms with Crippen molar-refractivity contribution >= 4 is 0 Å². The van der Waals surface area contributed by atoms with E-state index in [4.69, 9.17) is 5.73 Å². The fourth-order valence-corrected chi connectivity index (χ4v) is 1.75. The van der Waals surface area contributed by atoms with Crippen LogP contribution in [0.5, 0.6) is 0 Å². The third-order valence-corrected chi connectivity index (χ3v) is 3.03. The second kappa shape index (κ2) is 7.46. The first kappa shape index (κ1) is 15.1. The minimum Gasteiger partial charge on any atom is -0.324 e. The number of hydrogen-bond acceptors (Lipinski definition) is 3. The molecule has 1 atom stereocenters. The summed E-state index contributed by atoms with van der Waals surface area (Å²) in [6.45, 7) is 2.97. The predicted molar refractivity (Wildman–Crippen MR) is 74.0 cm³/mol. The summed E-state index contributed by atoms with van der Waals surface area (Å²) in [6.07, 6.45) is 0.841. The van der Waals surface area contributed by atoms with Crippen LogP contribution in [0.1, 0.15) is 18.0 Å². The molecule has 0 aliphatic carbocycles. The van der Waals surface area contributed by atoms with Crippen molar-refractivity contribution in [1.82, 2.24) is 9.80 Å². The maximum Gasteiger partial charge on any atom is 0.123 e. The Morgan fingerprint density at radius 2 is 1.89 bits per heavy atom. The zero-order valence-corrected chi connectivity index (χ0v) is 11.6. The lowest BCUT2D eigenvalue weighted by atomic mass is 10.0. The lowest BCUT2D eigenvalue weighted by molar-refractivity contribution is 0.274. The Balaban J connectivity index is 2.34. The molecule has 1 aromatic rings. The van der Waals surface area contributed by atoms with E-state index in [0.29, 0.717) is 0 Å². The average molecular weight is 253 g/mol. The Morgan fingerprint density at radius 3 is 2.50 bits per heavy atom. The summed E-state index contributed by atoms with van der Waals surface area (Å²) < 4.78 is 13.1. The molecule has 0 bridgehead atoms. The molecule has 1 unspecified atom stereocenters. The Labute approximate surface area is 109 Å². The second-order valence-electron chi connectivity index (χ2n) is 5.06. The van der Waals surface area contributed by atoms with Crippen LogP contribution in [0.15, 0.2) is 24.3 Å². The second-order valence-corrected chi connectivity index (χ2v) is 5.06. The maximum atomic E-state index is 13.1. The van der Waals surface area contributed by atoms with Crippen molar-refractivity contribution in [1.29, 1.82) is 0 Å². The molecule has 0 heterocycles. The first-order chi connectivity index (χ1) is 8.49. The number of hydrogen-bond donors (Lipinski definition) is 1. The van der Waals surface area contributed by atoms with E-state index in [1.807, 2.05) is 6.07 Å². The van der Waals surface area contributed by atoms with E-state index in [1.54, 1.807) is 6.07 Å². The summed E-state index contributed by atoms with van der Waals surface area (Å²) in [6, 6.07) is 6.46. The number of halogens is 1. The molecule has 0 amide bonds. The van der Waals surface area contributed by atoms with Gasteiger partial charge in [0.25, 0.3) is 0 Å². The van der Waals surface area contributed by atoms with E-state index in [2.05, 4.69) is 30.9 Å². The summed E-state index contributed by atoms with van der Waals surface area (Å²) in [7, 11) is 6.21. The molecule has 0 saturated carbocycles. The van der Waals surface area contributed by atoms with Crippen molar-refractivity contribution in [2.45, 2.75) is 12.5 Å². The van der Waals surface area contributed by atoms with E-state index in [9.17, 15) is 4.39 Å². The van der Waals surface area contributed by atoms with Crippen molar-refractivity contribution in [3.8, 4) is 0 Å². The van der Waals surface area contributed by atoms with Crippen molar-refractivity contribution < 1.29 is 4.39 Å². The average Bonchev–Trinajstić information content (AvgIpc) is 2.33. The van der Waals surface area contributed by atoms with Gasteiger partial charge in [0.15, 0.2) is 0 Å². The largest absolute Gasteiger partial charge is 0.324 e. The number of rotatable bonds is 7. The van der Waals surface area contributed by atoms with Crippen LogP contribution >= 0.6 is 0 Å². The predicted octanol–water partition coefficient (Wildman–Crippen LogP) is 1.71. The summed E-state index contributed by atoms with van der Waals surface area (Å²) in [4.78, 5) is 4.40. The van der Waals surface area contributed by atoms with Gasteiger partial charge in [-0.05, 0) is 51.8 Å². The highest BCUT2D eigenvalue weighted by molar-refractivity contribution is 5.19. The highest BCUT2D eigenvalue weighted by atomic mass is 19.1. The number of likely N-dealkylation sites (N-methyl/N-ethyl adjacent to an activating group) is 2. The Bertz CT molecular complexity index is 355. The van der Waals surface area contributed by atoms with Crippen LogP contribution in [0.4, 0.5) is 4.39 Å². The highest BCUT2D eigenvalue weighted by Gasteiger charge is 2.08. The molecule has 0 aliphatic heterocycles. The molecule has 0 aromatic heterocycles. The van der Waals surface area contributed by atoms with Gasteiger partial charge in [-0.2, -0.15) is 0 Å². The Hall–Kier alpha value is -0.970. The summed E-state index contributed by atoms with van der Waals surface area (Å²) >= 11 is 0. The topological polar surface area (TPSA) is 32.5 Å². The number of nitrogens with zero attached hydrogens (tertiary/aromatic N) is 2. The van der Waals surface area contributed by atoms with E-state index in [1.165, 1.54) is 12.1 Å². The molecule has 0 spiro atoms. The van der Waals surface area contributed by atoms with Crippen LogP contribution in [-0.4, -0.2) is 50.6 Å². The van der Waals surface area contributed by atoms with Crippen molar-refractivity contribution in [3.63, 3.8) is 0 Å². The SMILES string of the molecule is CN(C)CCN(C)CCC(N)c1cccc(F)c1. The fraction of sp³-hybridized carbons (Fsp3) is 0.571. The van der Waals surface area contributed by atoms with Gasteiger partial charge in [0, 0.05) is 19.1 Å². The van der Waals surface area contributed by atoms with Crippen LogP contribution < -0.4 is 5.73 Å². The minimum absolute atomic E-state index is 0.0949. The van der Waals surface area contributed by atoms with E-state index in [0.717, 1.165) is 31.6 Å². The first-order valence-corrected chi connectivity index (χ1v) is 6.33. The smallest absolute Gasteiger partial charge is 0.123 e. The van der Waals surface area contributed by atoms with E-state index in [-0.39, 0.29) is 11.9 Å². The van der Waals surface area contributed by atoms with Crippen molar-refractivity contribution in [2.24, 2.45) is 5.73 Å². The third-order valence-electron chi connectivity index (χ3n) is 3.03. The van der Waals surface area contributed by atoms with Crippen molar-refractivity contribution in [3.05, 3.63) is 35.6 Å². The normalized spacial score (nSPS) is 13.3. The van der Waals surface area contributed by atoms with Crippen molar-refractivity contribution in [2.75, 3.05) is 40.8 Å². The van der Waals surface area contributed by atoms with Crippen LogP contribution in [0.2, 0.25) is 0 Å². The zero-order chi connectivity index (χ0) is 13.5. The number of benzene rings is 1. The summed E-state index contributed by atoms with van der Waals surface area (Å²) in [5.41, 5.74) is 6.94.